The Bertz CT molecular complexity index is 302. The summed E-state index contributed by atoms with van der Waals surface area (Å²) in [6.45, 7) is 11.1. The molecule has 0 radical (unpaired) electrons. The van der Waals surface area contributed by atoms with Gasteiger partial charge in [0.2, 0.25) is 5.91 Å². The van der Waals surface area contributed by atoms with E-state index in [1.54, 1.807) is 0 Å². The van der Waals surface area contributed by atoms with E-state index in [1.165, 1.54) is 0 Å². The van der Waals surface area contributed by atoms with Gasteiger partial charge in [-0.05, 0) is 39.7 Å². The first-order valence-electron chi connectivity index (χ1n) is 7.22. The van der Waals surface area contributed by atoms with E-state index in [0.29, 0.717) is 12.0 Å². The van der Waals surface area contributed by atoms with Crippen molar-refractivity contribution in [1.29, 1.82) is 0 Å². The summed E-state index contributed by atoms with van der Waals surface area (Å²) in [7, 11) is 0. The highest BCUT2D eigenvalue weighted by molar-refractivity contribution is 5.80. The molecule has 0 aromatic heterocycles. The number of hydrogen-bond donors (Lipinski definition) is 1. The van der Waals surface area contributed by atoms with Crippen molar-refractivity contribution < 1.29 is 9.53 Å². The van der Waals surface area contributed by atoms with Gasteiger partial charge in [0.05, 0.1) is 18.1 Å². The minimum atomic E-state index is 0.0283. The molecule has 5 atom stereocenters. The fraction of sp³-hybridized carbons (Fsp3) is 0.929. The van der Waals surface area contributed by atoms with E-state index in [2.05, 4.69) is 31.0 Å². The summed E-state index contributed by atoms with van der Waals surface area (Å²) in [4.78, 5) is 14.8. The van der Waals surface area contributed by atoms with E-state index < -0.39 is 0 Å². The molecule has 2 rings (SSSR count). The van der Waals surface area contributed by atoms with Gasteiger partial charge in [-0.3, -0.25) is 4.79 Å². The average Bonchev–Trinajstić information content (AvgIpc) is 2.90. The number of ether oxygens (including phenoxy) is 1. The molecule has 0 aromatic rings. The number of likely N-dealkylation sites (N-methyl/N-ethyl adjacent to an activating group) is 1. The monoisotopic (exact) mass is 254 g/mol. The molecule has 2 saturated heterocycles. The van der Waals surface area contributed by atoms with Crippen LogP contribution < -0.4 is 5.32 Å². The lowest BCUT2D eigenvalue weighted by Gasteiger charge is -2.32. The van der Waals surface area contributed by atoms with Crippen LogP contribution in [-0.2, 0) is 9.53 Å². The van der Waals surface area contributed by atoms with Gasteiger partial charge in [0, 0.05) is 19.1 Å². The maximum atomic E-state index is 12.7. The quantitative estimate of drug-likeness (QED) is 0.824. The Balaban J connectivity index is 2.08. The van der Waals surface area contributed by atoms with E-state index in [9.17, 15) is 4.79 Å². The standard InChI is InChI=1S/C14H26N2O2/c1-5-16(12-6-7-15-8-12)14(17)13-9(2)10(3)18-11(13)4/h9-13,15H,5-8H2,1-4H3. The molecule has 2 fully saturated rings. The largest absolute Gasteiger partial charge is 0.374 e. The van der Waals surface area contributed by atoms with E-state index in [-0.39, 0.29) is 24.0 Å². The van der Waals surface area contributed by atoms with Crippen molar-refractivity contribution in [2.45, 2.75) is 52.4 Å². The smallest absolute Gasteiger partial charge is 0.228 e. The predicted octanol–water partition coefficient (Wildman–Crippen LogP) is 1.26. The Labute approximate surface area is 110 Å². The Morgan fingerprint density at radius 3 is 2.50 bits per heavy atom. The van der Waals surface area contributed by atoms with E-state index in [0.717, 1.165) is 26.1 Å². The molecule has 5 unspecified atom stereocenters. The van der Waals surface area contributed by atoms with Gasteiger partial charge in [0.15, 0.2) is 0 Å². The number of carbonyl (C=O) groups excluding carboxylic acids is 1. The van der Waals surface area contributed by atoms with E-state index in [1.807, 2.05) is 6.92 Å². The summed E-state index contributed by atoms with van der Waals surface area (Å²) in [6.07, 6.45) is 1.31. The summed E-state index contributed by atoms with van der Waals surface area (Å²) in [5.74, 6) is 0.631. The lowest BCUT2D eigenvalue weighted by molar-refractivity contribution is -0.139. The average molecular weight is 254 g/mol. The fourth-order valence-corrected chi connectivity index (χ4v) is 3.38. The number of amides is 1. The Hall–Kier alpha value is -0.610. The van der Waals surface area contributed by atoms with Crippen LogP contribution in [0.1, 0.15) is 34.1 Å². The van der Waals surface area contributed by atoms with Gasteiger partial charge in [-0.15, -0.1) is 0 Å². The molecule has 1 N–H and O–H groups in total. The lowest BCUT2D eigenvalue weighted by Crippen LogP contribution is -2.47. The second-order valence-corrected chi connectivity index (χ2v) is 5.70. The third kappa shape index (κ3) is 2.41. The zero-order valence-corrected chi connectivity index (χ0v) is 12.0. The zero-order chi connectivity index (χ0) is 13.3. The highest BCUT2D eigenvalue weighted by Gasteiger charge is 2.44. The number of nitrogens with zero attached hydrogens (tertiary/aromatic N) is 1. The minimum absolute atomic E-state index is 0.0283. The van der Waals surface area contributed by atoms with Crippen LogP contribution >= 0.6 is 0 Å². The van der Waals surface area contributed by atoms with Gasteiger partial charge >= 0.3 is 0 Å². The van der Waals surface area contributed by atoms with Gasteiger partial charge in [0.25, 0.3) is 0 Å². The van der Waals surface area contributed by atoms with Crippen molar-refractivity contribution in [2.24, 2.45) is 11.8 Å². The molecule has 1 amide bonds. The summed E-state index contributed by atoms with van der Waals surface area (Å²) in [5.41, 5.74) is 0. The van der Waals surface area contributed by atoms with Crippen LogP contribution in [0.15, 0.2) is 0 Å². The molecule has 2 aliphatic heterocycles. The number of carbonyl (C=O) groups is 1. The van der Waals surface area contributed by atoms with E-state index in [4.69, 9.17) is 4.74 Å². The van der Waals surface area contributed by atoms with Crippen LogP contribution in [0, 0.1) is 11.8 Å². The van der Waals surface area contributed by atoms with Crippen LogP contribution in [0.4, 0.5) is 0 Å². The van der Waals surface area contributed by atoms with Gasteiger partial charge in [-0.25, -0.2) is 0 Å². The van der Waals surface area contributed by atoms with Crippen molar-refractivity contribution >= 4 is 5.91 Å². The van der Waals surface area contributed by atoms with Crippen LogP contribution in [0.25, 0.3) is 0 Å². The number of rotatable bonds is 3. The van der Waals surface area contributed by atoms with Crippen molar-refractivity contribution in [2.75, 3.05) is 19.6 Å². The third-order valence-corrected chi connectivity index (χ3v) is 4.63. The summed E-state index contributed by atoms with van der Waals surface area (Å²) < 4.78 is 5.80. The normalized spacial score (nSPS) is 40.1. The predicted molar refractivity (Wildman–Crippen MR) is 71.3 cm³/mol. The molecule has 104 valence electrons. The first kappa shape index (κ1) is 13.8. The molecule has 2 heterocycles. The summed E-state index contributed by atoms with van der Waals surface area (Å²) in [6, 6.07) is 0.373. The molecule has 0 bridgehead atoms. The van der Waals surface area contributed by atoms with Crippen molar-refractivity contribution in [3.05, 3.63) is 0 Å². The molecular weight excluding hydrogens is 228 g/mol. The maximum Gasteiger partial charge on any atom is 0.228 e. The lowest BCUT2D eigenvalue weighted by atomic mass is 9.88. The molecule has 0 spiro atoms. The topological polar surface area (TPSA) is 41.6 Å². The summed E-state index contributed by atoms with van der Waals surface area (Å²) >= 11 is 0. The summed E-state index contributed by atoms with van der Waals surface area (Å²) in [5, 5.41) is 3.34. The third-order valence-electron chi connectivity index (χ3n) is 4.63. The van der Waals surface area contributed by atoms with Gasteiger partial charge in [-0.1, -0.05) is 6.92 Å². The first-order valence-corrected chi connectivity index (χ1v) is 7.22. The van der Waals surface area contributed by atoms with Crippen molar-refractivity contribution in [3.8, 4) is 0 Å². The highest BCUT2D eigenvalue weighted by atomic mass is 16.5. The molecule has 0 saturated carbocycles. The molecule has 2 aliphatic rings. The minimum Gasteiger partial charge on any atom is -0.374 e. The van der Waals surface area contributed by atoms with Crippen molar-refractivity contribution in [1.82, 2.24) is 10.2 Å². The van der Waals surface area contributed by atoms with Crippen molar-refractivity contribution in [3.63, 3.8) is 0 Å². The molecule has 4 heteroatoms. The van der Waals surface area contributed by atoms with E-state index >= 15 is 0 Å². The second-order valence-electron chi connectivity index (χ2n) is 5.70. The number of hydrogen-bond acceptors (Lipinski definition) is 3. The van der Waals surface area contributed by atoms with Gasteiger partial charge in [0.1, 0.15) is 0 Å². The van der Waals surface area contributed by atoms with Crippen LogP contribution in [0.3, 0.4) is 0 Å². The Kier molecular flexibility index (Phi) is 4.28. The molecule has 0 aromatic carbocycles. The highest BCUT2D eigenvalue weighted by Crippen LogP contribution is 2.34. The van der Waals surface area contributed by atoms with Crippen LogP contribution in [0.2, 0.25) is 0 Å². The molecular formula is C14H26N2O2. The molecule has 18 heavy (non-hydrogen) atoms. The molecule has 4 nitrogen and oxygen atoms in total. The fourth-order valence-electron chi connectivity index (χ4n) is 3.38. The van der Waals surface area contributed by atoms with Gasteiger partial charge < -0.3 is 15.0 Å². The zero-order valence-electron chi connectivity index (χ0n) is 12.0. The number of nitrogens with one attached hydrogen (secondary N) is 1. The second kappa shape index (κ2) is 5.57. The maximum absolute atomic E-state index is 12.7. The van der Waals surface area contributed by atoms with Gasteiger partial charge in [-0.2, -0.15) is 0 Å². The Morgan fingerprint density at radius 2 is 2.06 bits per heavy atom. The first-order chi connectivity index (χ1) is 8.56. The Morgan fingerprint density at radius 1 is 1.33 bits per heavy atom. The van der Waals surface area contributed by atoms with Crippen LogP contribution in [-0.4, -0.2) is 48.7 Å². The SMILES string of the molecule is CCN(C(=O)C1C(C)OC(C)C1C)C1CCNC1. The van der Waals surface area contributed by atoms with Crippen LogP contribution in [0.5, 0.6) is 0 Å². The molecule has 0 aliphatic carbocycles.